The van der Waals surface area contributed by atoms with E-state index in [-0.39, 0.29) is 17.9 Å². The maximum absolute atomic E-state index is 13.0. The number of aryl methyl sites for hydroxylation is 1. The predicted molar refractivity (Wildman–Crippen MR) is 131 cm³/mol. The molecule has 1 amide bonds. The van der Waals surface area contributed by atoms with Crippen LogP contribution in [0.5, 0.6) is 0 Å². The summed E-state index contributed by atoms with van der Waals surface area (Å²) in [6, 6.07) is 17.1. The highest BCUT2D eigenvalue weighted by Gasteiger charge is 2.22. The Morgan fingerprint density at radius 3 is 2.48 bits per heavy atom. The van der Waals surface area contributed by atoms with E-state index in [1.165, 1.54) is 22.1 Å². The van der Waals surface area contributed by atoms with Crippen LogP contribution < -0.4 is 5.32 Å². The van der Waals surface area contributed by atoms with E-state index in [0.29, 0.717) is 6.42 Å². The maximum atomic E-state index is 13.0. The number of aromatic amines is 1. The molecule has 3 rings (SSSR count). The van der Waals surface area contributed by atoms with Gasteiger partial charge < -0.3 is 15.2 Å². The quantitative estimate of drug-likeness (QED) is 0.423. The first-order valence-electron chi connectivity index (χ1n) is 11.7. The van der Waals surface area contributed by atoms with Crippen LogP contribution in [0.15, 0.2) is 54.7 Å². The van der Waals surface area contributed by atoms with Gasteiger partial charge in [-0.05, 0) is 63.5 Å². The lowest BCUT2D eigenvalue weighted by molar-refractivity contribution is -0.121. The molecule has 0 fully saturated rings. The van der Waals surface area contributed by atoms with Crippen molar-refractivity contribution in [1.29, 1.82) is 0 Å². The van der Waals surface area contributed by atoms with Crippen molar-refractivity contribution in [2.75, 3.05) is 19.6 Å². The summed E-state index contributed by atoms with van der Waals surface area (Å²) in [4.78, 5) is 18.8. The molecular weight excluding hydrogens is 382 g/mol. The standard InChI is InChI=1S/C27H37N3O/c1-5-30(6-2)17-9-10-21(4)29-27(31)18-24(22-15-13-20(3)14-16-22)25-19-28-26-12-8-7-11-23(25)26/h7-8,11-16,19,21,24,28H,5-6,9-10,17-18H2,1-4H3,(H,29,31). The molecule has 4 nitrogen and oxygen atoms in total. The van der Waals surface area contributed by atoms with Crippen LogP contribution in [0.25, 0.3) is 10.9 Å². The van der Waals surface area contributed by atoms with E-state index in [9.17, 15) is 4.79 Å². The summed E-state index contributed by atoms with van der Waals surface area (Å²) >= 11 is 0. The van der Waals surface area contributed by atoms with Crippen LogP contribution in [0, 0.1) is 6.92 Å². The van der Waals surface area contributed by atoms with Gasteiger partial charge in [-0.25, -0.2) is 0 Å². The van der Waals surface area contributed by atoms with Crippen molar-refractivity contribution in [3.8, 4) is 0 Å². The predicted octanol–water partition coefficient (Wildman–Crippen LogP) is 5.63. The highest BCUT2D eigenvalue weighted by Crippen LogP contribution is 2.33. The Morgan fingerprint density at radius 1 is 1.06 bits per heavy atom. The second-order valence-electron chi connectivity index (χ2n) is 8.59. The van der Waals surface area contributed by atoms with E-state index in [4.69, 9.17) is 0 Å². The van der Waals surface area contributed by atoms with Crippen LogP contribution >= 0.6 is 0 Å². The Bertz CT molecular complexity index is 956. The number of para-hydroxylation sites is 1. The highest BCUT2D eigenvalue weighted by molar-refractivity contribution is 5.86. The maximum Gasteiger partial charge on any atom is 0.221 e. The molecule has 1 heterocycles. The van der Waals surface area contributed by atoms with E-state index in [2.05, 4.69) is 91.6 Å². The summed E-state index contributed by atoms with van der Waals surface area (Å²) < 4.78 is 0. The minimum absolute atomic E-state index is 0.0274. The van der Waals surface area contributed by atoms with E-state index in [0.717, 1.165) is 38.0 Å². The molecule has 0 saturated heterocycles. The first-order valence-corrected chi connectivity index (χ1v) is 11.7. The molecule has 2 unspecified atom stereocenters. The molecule has 4 heteroatoms. The Kier molecular flexibility index (Phi) is 8.30. The van der Waals surface area contributed by atoms with Gasteiger partial charge in [-0.3, -0.25) is 4.79 Å². The SMILES string of the molecule is CCN(CC)CCCC(C)NC(=O)CC(c1ccc(C)cc1)c1c[nH]c2ccccc12. The zero-order valence-corrected chi connectivity index (χ0v) is 19.4. The number of carbonyl (C=O) groups is 1. The van der Waals surface area contributed by atoms with Gasteiger partial charge in [-0.2, -0.15) is 0 Å². The van der Waals surface area contributed by atoms with E-state index in [1.807, 2.05) is 6.07 Å². The first-order chi connectivity index (χ1) is 15.0. The molecule has 166 valence electrons. The van der Waals surface area contributed by atoms with Crippen molar-refractivity contribution in [2.45, 2.75) is 58.9 Å². The van der Waals surface area contributed by atoms with Crippen molar-refractivity contribution < 1.29 is 4.79 Å². The number of H-pyrrole nitrogens is 1. The first kappa shape index (κ1) is 23.1. The zero-order valence-electron chi connectivity index (χ0n) is 19.4. The largest absolute Gasteiger partial charge is 0.361 e. The Labute approximate surface area is 187 Å². The number of aromatic nitrogens is 1. The Balaban J connectivity index is 1.70. The third kappa shape index (κ3) is 6.20. The van der Waals surface area contributed by atoms with Gasteiger partial charge in [0.05, 0.1) is 0 Å². The van der Waals surface area contributed by atoms with Crippen LogP contribution in [0.4, 0.5) is 0 Å². The molecule has 0 bridgehead atoms. The summed E-state index contributed by atoms with van der Waals surface area (Å²) in [6.45, 7) is 11.9. The lowest BCUT2D eigenvalue weighted by Crippen LogP contribution is -2.34. The Hall–Kier alpha value is -2.59. The second kappa shape index (κ2) is 11.1. The highest BCUT2D eigenvalue weighted by atomic mass is 16.1. The number of amides is 1. The van der Waals surface area contributed by atoms with Gasteiger partial charge in [0.25, 0.3) is 0 Å². The number of benzene rings is 2. The molecule has 0 spiro atoms. The molecule has 2 aromatic carbocycles. The molecule has 2 N–H and O–H groups in total. The summed E-state index contributed by atoms with van der Waals surface area (Å²) in [5.41, 5.74) is 4.70. The smallest absolute Gasteiger partial charge is 0.221 e. The minimum atomic E-state index is 0.0274. The fourth-order valence-corrected chi connectivity index (χ4v) is 4.34. The van der Waals surface area contributed by atoms with Gasteiger partial charge in [0, 0.05) is 35.5 Å². The van der Waals surface area contributed by atoms with Gasteiger partial charge in [0.1, 0.15) is 0 Å². The molecule has 1 aromatic heterocycles. The summed E-state index contributed by atoms with van der Waals surface area (Å²) in [6.07, 6.45) is 4.62. The molecule has 3 aromatic rings. The molecule has 31 heavy (non-hydrogen) atoms. The number of carbonyl (C=O) groups excluding carboxylic acids is 1. The van der Waals surface area contributed by atoms with Crippen molar-refractivity contribution in [1.82, 2.24) is 15.2 Å². The number of hydrogen-bond acceptors (Lipinski definition) is 2. The third-order valence-corrected chi connectivity index (χ3v) is 6.28. The lowest BCUT2D eigenvalue weighted by Gasteiger charge is -2.21. The fourth-order valence-electron chi connectivity index (χ4n) is 4.34. The molecular formula is C27H37N3O. The number of hydrogen-bond donors (Lipinski definition) is 2. The van der Waals surface area contributed by atoms with E-state index >= 15 is 0 Å². The zero-order chi connectivity index (χ0) is 22.2. The lowest BCUT2D eigenvalue weighted by atomic mass is 9.87. The van der Waals surface area contributed by atoms with Crippen molar-refractivity contribution in [3.05, 3.63) is 71.4 Å². The van der Waals surface area contributed by atoms with Crippen LogP contribution in [0.2, 0.25) is 0 Å². The normalized spacial score (nSPS) is 13.5. The average Bonchev–Trinajstić information content (AvgIpc) is 3.20. The van der Waals surface area contributed by atoms with Gasteiger partial charge in [0.15, 0.2) is 0 Å². The third-order valence-electron chi connectivity index (χ3n) is 6.28. The van der Waals surface area contributed by atoms with Crippen LogP contribution in [-0.4, -0.2) is 41.5 Å². The summed E-state index contributed by atoms with van der Waals surface area (Å²) in [5.74, 6) is 0.144. The van der Waals surface area contributed by atoms with Gasteiger partial charge in [-0.1, -0.05) is 61.9 Å². The molecule has 0 aliphatic carbocycles. The van der Waals surface area contributed by atoms with Gasteiger partial charge >= 0.3 is 0 Å². The van der Waals surface area contributed by atoms with Crippen molar-refractivity contribution >= 4 is 16.8 Å². The topological polar surface area (TPSA) is 48.1 Å². The summed E-state index contributed by atoms with van der Waals surface area (Å²) in [7, 11) is 0. The van der Waals surface area contributed by atoms with Crippen molar-refractivity contribution in [3.63, 3.8) is 0 Å². The number of fused-ring (bicyclic) bond motifs is 1. The van der Waals surface area contributed by atoms with Crippen LogP contribution in [-0.2, 0) is 4.79 Å². The van der Waals surface area contributed by atoms with Crippen LogP contribution in [0.3, 0.4) is 0 Å². The van der Waals surface area contributed by atoms with E-state index in [1.54, 1.807) is 0 Å². The molecule has 0 saturated carbocycles. The van der Waals surface area contributed by atoms with Gasteiger partial charge in [0.2, 0.25) is 5.91 Å². The van der Waals surface area contributed by atoms with Crippen LogP contribution in [0.1, 0.15) is 62.6 Å². The summed E-state index contributed by atoms with van der Waals surface area (Å²) in [5, 5.41) is 4.43. The fraction of sp³-hybridized carbons (Fsp3) is 0.444. The molecule has 2 atom stereocenters. The average molecular weight is 420 g/mol. The van der Waals surface area contributed by atoms with Gasteiger partial charge in [-0.15, -0.1) is 0 Å². The number of nitrogens with one attached hydrogen (secondary N) is 2. The molecule has 0 aliphatic heterocycles. The molecule has 0 radical (unpaired) electrons. The second-order valence-corrected chi connectivity index (χ2v) is 8.59. The number of nitrogens with zero attached hydrogens (tertiary/aromatic N) is 1. The molecule has 0 aliphatic rings. The minimum Gasteiger partial charge on any atom is -0.361 e. The monoisotopic (exact) mass is 419 g/mol. The Morgan fingerprint density at radius 2 is 1.77 bits per heavy atom. The van der Waals surface area contributed by atoms with Crippen molar-refractivity contribution in [2.24, 2.45) is 0 Å². The van der Waals surface area contributed by atoms with E-state index < -0.39 is 0 Å². The number of rotatable bonds is 11.